The summed E-state index contributed by atoms with van der Waals surface area (Å²) in [6.07, 6.45) is 3.82. The fourth-order valence-corrected chi connectivity index (χ4v) is 3.61. The number of H-pyrrole nitrogens is 1. The van der Waals surface area contributed by atoms with Gasteiger partial charge in [-0.3, -0.25) is 5.10 Å². The maximum absolute atomic E-state index is 14.0. The van der Waals surface area contributed by atoms with Crippen molar-refractivity contribution < 1.29 is 4.39 Å². The van der Waals surface area contributed by atoms with Gasteiger partial charge in [-0.05, 0) is 35.1 Å². The van der Waals surface area contributed by atoms with Crippen molar-refractivity contribution >= 4 is 38.4 Å². The first-order chi connectivity index (χ1) is 10.5. The molecule has 0 amide bonds. The van der Waals surface area contributed by atoms with Crippen LogP contribution in [-0.4, -0.2) is 39.8 Å². The molecule has 22 heavy (non-hydrogen) atoms. The second-order valence-corrected chi connectivity index (χ2v) is 6.91. The van der Waals surface area contributed by atoms with Gasteiger partial charge in [-0.25, -0.2) is 4.39 Å². The Hall–Kier alpha value is -1.37. The molecule has 1 N–H and O–H groups in total. The molecule has 0 unspecified atom stereocenters. The van der Waals surface area contributed by atoms with E-state index in [1.165, 1.54) is 0 Å². The molecule has 1 fully saturated rings. The third-order valence-electron chi connectivity index (χ3n) is 4.20. The normalized spacial score (nSPS) is 16.4. The summed E-state index contributed by atoms with van der Waals surface area (Å²) in [6, 6.07) is 3.74. The molecule has 1 saturated heterocycles. The lowest BCUT2D eigenvalue weighted by molar-refractivity contribution is 0.144. The van der Waals surface area contributed by atoms with E-state index in [4.69, 9.17) is 11.6 Å². The quantitative estimate of drug-likeness (QED) is 0.724. The minimum Gasteiger partial charge on any atom is -0.341 e. The van der Waals surface area contributed by atoms with Gasteiger partial charge in [0.05, 0.1) is 16.0 Å². The lowest BCUT2D eigenvalue weighted by Gasteiger charge is -2.37. The molecule has 114 valence electrons. The van der Waals surface area contributed by atoms with Crippen molar-refractivity contribution in [2.75, 3.05) is 20.1 Å². The van der Waals surface area contributed by atoms with Gasteiger partial charge in [0.1, 0.15) is 5.82 Å². The standard InChI is InChI=1S/C15H13BrClFN4/c1-21-5-8(6-21)22-7-11(10-4-19-20-15(10)17)9-2-12(16)13(18)3-14(9)22/h2-4,7-8H,5-6H2,1H3,(H,19,20). The van der Waals surface area contributed by atoms with Crippen molar-refractivity contribution in [3.8, 4) is 11.1 Å². The highest BCUT2D eigenvalue weighted by molar-refractivity contribution is 9.10. The second-order valence-electron chi connectivity index (χ2n) is 5.70. The maximum atomic E-state index is 14.0. The van der Waals surface area contributed by atoms with Crippen molar-refractivity contribution in [3.63, 3.8) is 0 Å². The number of nitrogens with zero attached hydrogens (tertiary/aromatic N) is 3. The fourth-order valence-electron chi connectivity index (χ4n) is 3.06. The molecule has 0 radical (unpaired) electrons. The maximum Gasteiger partial charge on any atom is 0.158 e. The monoisotopic (exact) mass is 382 g/mol. The Morgan fingerprint density at radius 3 is 2.77 bits per heavy atom. The Labute approximate surface area is 140 Å². The molecule has 4 nitrogen and oxygen atoms in total. The van der Waals surface area contributed by atoms with Crippen molar-refractivity contribution in [2.24, 2.45) is 0 Å². The van der Waals surface area contributed by atoms with Gasteiger partial charge in [-0.2, -0.15) is 5.10 Å². The molecule has 3 aromatic rings. The molecule has 1 aliphatic heterocycles. The predicted octanol–water partition coefficient (Wildman–Crippen LogP) is 4.07. The van der Waals surface area contributed by atoms with E-state index >= 15 is 0 Å². The Morgan fingerprint density at radius 2 is 2.14 bits per heavy atom. The first kappa shape index (κ1) is 14.2. The number of fused-ring (bicyclic) bond motifs is 1. The highest BCUT2D eigenvalue weighted by Crippen LogP contribution is 2.38. The zero-order chi connectivity index (χ0) is 15.4. The molecular formula is C15H13BrClFN4. The van der Waals surface area contributed by atoms with E-state index in [0.717, 1.165) is 35.1 Å². The number of hydrogen-bond donors (Lipinski definition) is 1. The number of rotatable bonds is 2. The third kappa shape index (κ3) is 2.09. The predicted molar refractivity (Wildman–Crippen MR) is 88.7 cm³/mol. The summed E-state index contributed by atoms with van der Waals surface area (Å²) in [5.41, 5.74) is 2.67. The van der Waals surface area contributed by atoms with E-state index in [1.807, 2.05) is 12.3 Å². The number of halogens is 3. The molecule has 0 saturated carbocycles. The molecular weight excluding hydrogens is 371 g/mol. The molecule has 0 bridgehead atoms. The Kier molecular flexibility index (Phi) is 3.29. The van der Waals surface area contributed by atoms with Crippen LogP contribution in [0, 0.1) is 5.82 Å². The van der Waals surface area contributed by atoms with E-state index in [9.17, 15) is 4.39 Å². The van der Waals surface area contributed by atoms with Crippen molar-refractivity contribution in [1.82, 2.24) is 19.7 Å². The van der Waals surface area contributed by atoms with E-state index in [0.29, 0.717) is 15.7 Å². The summed E-state index contributed by atoms with van der Waals surface area (Å²) in [7, 11) is 2.08. The van der Waals surface area contributed by atoms with Crippen LogP contribution in [-0.2, 0) is 0 Å². The van der Waals surface area contributed by atoms with Crippen molar-refractivity contribution in [1.29, 1.82) is 0 Å². The van der Waals surface area contributed by atoms with Crippen LogP contribution < -0.4 is 0 Å². The number of aromatic amines is 1. The largest absolute Gasteiger partial charge is 0.341 e. The lowest BCUT2D eigenvalue weighted by Crippen LogP contribution is -2.44. The van der Waals surface area contributed by atoms with Gasteiger partial charge in [0.25, 0.3) is 0 Å². The summed E-state index contributed by atoms with van der Waals surface area (Å²) in [6.45, 7) is 1.92. The average Bonchev–Trinajstić information content (AvgIpc) is 3.00. The van der Waals surface area contributed by atoms with Crippen molar-refractivity contribution in [2.45, 2.75) is 6.04 Å². The van der Waals surface area contributed by atoms with Crippen LogP contribution in [0.15, 0.2) is 29.0 Å². The molecule has 2 aromatic heterocycles. The minimum absolute atomic E-state index is 0.260. The summed E-state index contributed by atoms with van der Waals surface area (Å²) < 4.78 is 16.6. The van der Waals surface area contributed by atoms with Gasteiger partial charge in [0.15, 0.2) is 5.15 Å². The number of nitrogens with one attached hydrogen (secondary N) is 1. The topological polar surface area (TPSA) is 36.9 Å². The van der Waals surface area contributed by atoms with E-state index < -0.39 is 0 Å². The van der Waals surface area contributed by atoms with Crippen LogP contribution in [0.3, 0.4) is 0 Å². The first-order valence-electron chi connectivity index (χ1n) is 6.92. The van der Waals surface area contributed by atoms with Crippen molar-refractivity contribution in [3.05, 3.63) is 40.0 Å². The summed E-state index contributed by atoms with van der Waals surface area (Å²) in [5, 5.41) is 8.14. The summed E-state index contributed by atoms with van der Waals surface area (Å²) in [4.78, 5) is 2.23. The van der Waals surface area contributed by atoms with Gasteiger partial charge in [-0.1, -0.05) is 11.6 Å². The number of hydrogen-bond acceptors (Lipinski definition) is 2. The van der Waals surface area contributed by atoms with E-state index in [2.05, 4.69) is 42.6 Å². The smallest absolute Gasteiger partial charge is 0.158 e. The zero-order valence-corrected chi connectivity index (χ0v) is 14.1. The molecule has 0 spiro atoms. The molecule has 0 atom stereocenters. The number of likely N-dealkylation sites (tertiary alicyclic amines) is 1. The Morgan fingerprint density at radius 1 is 1.36 bits per heavy atom. The second kappa shape index (κ2) is 5.08. The van der Waals surface area contributed by atoms with Gasteiger partial charge in [0.2, 0.25) is 0 Å². The molecule has 3 heterocycles. The summed E-state index contributed by atoms with van der Waals surface area (Å²) >= 11 is 9.43. The molecule has 1 aliphatic rings. The Balaban J connectivity index is 1.97. The van der Waals surface area contributed by atoms with Gasteiger partial charge in [-0.15, -0.1) is 0 Å². The molecule has 7 heteroatoms. The van der Waals surface area contributed by atoms with E-state index in [-0.39, 0.29) is 5.82 Å². The van der Waals surface area contributed by atoms with Crippen LogP contribution in [0.1, 0.15) is 6.04 Å². The highest BCUT2D eigenvalue weighted by atomic mass is 79.9. The van der Waals surface area contributed by atoms with Gasteiger partial charge < -0.3 is 9.47 Å². The van der Waals surface area contributed by atoms with Crippen LogP contribution in [0.5, 0.6) is 0 Å². The fraction of sp³-hybridized carbons (Fsp3) is 0.267. The first-order valence-corrected chi connectivity index (χ1v) is 8.09. The molecule has 4 rings (SSSR count). The molecule has 0 aliphatic carbocycles. The number of aromatic nitrogens is 3. The van der Waals surface area contributed by atoms with Crippen LogP contribution >= 0.6 is 27.5 Å². The minimum atomic E-state index is -0.260. The van der Waals surface area contributed by atoms with Gasteiger partial charge in [0, 0.05) is 42.0 Å². The zero-order valence-electron chi connectivity index (χ0n) is 11.8. The molecule has 1 aromatic carbocycles. The van der Waals surface area contributed by atoms with Crippen LogP contribution in [0.2, 0.25) is 5.15 Å². The third-order valence-corrected chi connectivity index (χ3v) is 5.09. The number of benzene rings is 1. The van der Waals surface area contributed by atoms with Crippen LogP contribution in [0.4, 0.5) is 4.39 Å². The number of likely N-dealkylation sites (N-methyl/N-ethyl adjacent to an activating group) is 1. The summed E-state index contributed by atoms with van der Waals surface area (Å²) in [5.74, 6) is -0.260. The lowest BCUT2D eigenvalue weighted by atomic mass is 10.1. The van der Waals surface area contributed by atoms with Crippen LogP contribution in [0.25, 0.3) is 22.0 Å². The highest BCUT2D eigenvalue weighted by Gasteiger charge is 2.27. The SMILES string of the molecule is CN1CC(n2cc(-c3c[nH]nc3Cl)c3cc(Br)c(F)cc32)C1. The Bertz CT molecular complexity index is 866. The van der Waals surface area contributed by atoms with Gasteiger partial charge >= 0.3 is 0 Å². The average molecular weight is 384 g/mol. The van der Waals surface area contributed by atoms with E-state index in [1.54, 1.807) is 12.3 Å².